The first-order chi connectivity index (χ1) is 14.3. The third kappa shape index (κ3) is 3.74. The van der Waals surface area contributed by atoms with Crippen molar-refractivity contribution < 1.29 is 9.59 Å². The fraction of sp³-hybridized carbons (Fsp3) is 0.174. The molecule has 0 atom stereocenters. The van der Waals surface area contributed by atoms with Crippen molar-refractivity contribution in [1.82, 2.24) is 19.8 Å². The van der Waals surface area contributed by atoms with Gasteiger partial charge in [0.15, 0.2) is 0 Å². The van der Waals surface area contributed by atoms with Crippen molar-refractivity contribution >= 4 is 29.6 Å². The maximum absolute atomic E-state index is 12.8. The predicted octanol–water partition coefficient (Wildman–Crippen LogP) is 4.54. The highest BCUT2D eigenvalue weighted by Crippen LogP contribution is 2.24. The fourth-order valence-electron chi connectivity index (χ4n) is 3.62. The van der Waals surface area contributed by atoms with Crippen LogP contribution >= 0.6 is 11.6 Å². The number of hydrogen-bond acceptors (Lipinski definition) is 3. The van der Waals surface area contributed by atoms with Crippen molar-refractivity contribution in [2.75, 3.05) is 0 Å². The summed E-state index contributed by atoms with van der Waals surface area (Å²) >= 11 is 6.01. The number of rotatable bonds is 4. The second-order valence-corrected chi connectivity index (χ2v) is 7.80. The molecule has 1 N–H and O–H groups in total. The highest BCUT2D eigenvalue weighted by molar-refractivity contribution is 6.30. The zero-order valence-electron chi connectivity index (χ0n) is 16.9. The lowest BCUT2D eigenvalue weighted by atomic mass is 10.2. The van der Waals surface area contributed by atoms with E-state index in [0.717, 1.165) is 33.9 Å². The van der Waals surface area contributed by atoms with E-state index < -0.39 is 6.03 Å². The van der Waals surface area contributed by atoms with E-state index in [2.05, 4.69) is 10.3 Å². The molecular formula is C23H21ClN4O2. The van der Waals surface area contributed by atoms with Gasteiger partial charge in [-0.25, -0.2) is 9.78 Å². The third-order valence-electron chi connectivity index (χ3n) is 5.09. The molecule has 3 amide bonds. The molecule has 7 heteroatoms. The van der Waals surface area contributed by atoms with E-state index in [1.54, 1.807) is 30.5 Å². The van der Waals surface area contributed by atoms with E-state index in [1.807, 2.05) is 49.6 Å². The van der Waals surface area contributed by atoms with Crippen LogP contribution in [0.1, 0.15) is 28.1 Å². The van der Waals surface area contributed by atoms with Crippen molar-refractivity contribution in [3.63, 3.8) is 0 Å². The lowest BCUT2D eigenvalue weighted by Crippen LogP contribution is -2.30. The Bertz CT molecular complexity index is 1200. The summed E-state index contributed by atoms with van der Waals surface area (Å²) in [6.07, 6.45) is 3.49. The van der Waals surface area contributed by atoms with E-state index in [4.69, 9.17) is 11.6 Å². The number of halogens is 1. The van der Waals surface area contributed by atoms with Gasteiger partial charge in [-0.05, 0) is 73.9 Å². The van der Waals surface area contributed by atoms with Crippen LogP contribution < -0.4 is 5.32 Å². The van der Waals surface area contributed by atoms with Crippen molar-refractivity contribution in [3.8, 4) is 5.82 Å². The molecule has 4 rings (SSSR count). The second-order valence-electron chi connectivity index (χ2n) is 7.36. The molecule has 1 aliphatic rings. The van der Waals surface area contributed by atoms with Crippen LogP contribution in [0, 0.1) is 20.8 Å². The average molecular weight is 421 g/mol. The number of carbonyl (C=O) groups is 2. The first-order valence-electron chi connectivity index (χ1n) is 9.54. The Morgan fingerprint density at radius 1 is 1.10 bits per heavy atom. The number of aryl methyl sites for hydroxylation is 2. The first-order valence-corrected chi connectivity index (χ1v) is 9.92. The van der Waals surface area contributed by atoms with Gasteiger partial charge in [-0.15, -0.1) is 0 Å². The van der Waals surface area contributed by atoms with E-state index >= 15 is 0 Å². The minimum Gasteiger partial charge on any atom is -0.303 e. The standard InChI is InChI=1S/C23H21ClN4O2/c1-14-7-8-25-21(9-14)28-15(2)10-18(16(28)3)12-20-22(29)27(23(30)26-20)13-17-5-4-6-19(24)11-17/h4-12H,13H2,1-3H3,(H,26,30)/b20-12+. The Morgan fingerprint density at radius 3 is 2.63 bits per heavy atom. The van der Waals surface area contributed by atoms with Crippen molar-refractivity contribution in [2.24, 2.45) is 0 Å². The Morgan fingerprint density at radius 2 is 1.90 bits per heavy atom. The molecule has 0 spiro atoms. The number of nitrogens with zero attached hydrogens (tertiary/aromatic N) is 3. The quantitative estimate of drug-likeness (QED) is 0.497. The summed E-state index contributed by atoms with van der Waals surface area (Å²) in [5, 5.41) is 3.25. The maximum atomic E-state index is 12.8. The topological polar surface area (TPSA) is 67.2 Å². The number of hydrogen-bond donors (Lipinski definition) is 1. The molecule has 1 fully saturated rings. The lowest BCUT2D eigenvalue weighted by Gasteiger charge is -2.11. The van der Waals surface area contributed by atoms with Gasteiger partial charge in [0.05, 0.1) is 6.54 Å². The van der Waals surface area contributed by atoms with Gasteiger partial charge in [-0.2, -0.15) is 0 Å². The minimum atomic E-state index is -0.444. The molecule has 0 unspecified atom stereocenters. The number of pyridine rings is 1. The summed E-state index contributed by atoms with van der Waals surface area (Å²) in [5.74, 6) is 0.456. The zero-order chi connectivity index (χ0) is 21.4. The Hall–Kier alpha value is -3.38. The molecule has 0 aliphatic carbocycles. The van der Waals surface area contributed by atoms with E-state index in [9.17, 15) is 9.59 Å². The molecular weight excluding hydrogens is 400 g/mol. The highest BCUT2D eigenvalue weighted by Gasteiger charge is 2.33. The Kier molecular flexibility index (Phi) is 5.18. The fourth-order valence-corrected chi connectivity index (χ4v) is 3.83. The first kappa shape index (κ1) is 19.9. The van der Waals surface area contributed by atoms with Crippen molar-refractivity contribution in [3.05, 3.63) is 87.5 Å². The van der Waals surface area contributed by atoms with Gasteiger partial charge in [0, 0.05) is 22.6 Å². The van der Waals surface area contributed by atoms with Gasteiger partial charge in [-0.3, -0.25) is 9.69 Å². The monoisotopic (exact) mass is 420 g/mol. The molecule has 0 radical (unpaired) electrons. The van der Waals surface area contributed by atoms with Gasteiger partial charge in [0.25, 0.3) is 5.91 Å². The van der Waals surface area contributed by atoms with Crippen molar-refractivity contribution in [2.45, 2.75) is 27.3 Å². The Balaban J connectivity index is 1.63. The average Bonchev–Trinajstić information content (AvgIpc) is 3.11. The molecule has 1 aliphatic heterocycles. The van der Waals surface area contributed by atoms with E-state index in [1.165, 1.54) is 4.90 Å². The molecule has 2 aromatic heterocycles. The van der Waals surface area contributed by atoms with E-state index in [0.29, 0.717) is 5.02 Å². The molecule has 6 nitrogen and oxygen atoms in total. The minimum absolute atomic E-state index is 0.162. The Labute approximate surface area is 179 Å². The number of carbonyl (C=O) groups excluding carboxylic acids is 2. The molecule has 1 saturated heterocycles. The number of imide groups is 1. The predicted molar refractivity (Wildman–Crippen MR) is 116 cm³/mol. The number of aromatic nitrogens is 2. The lowest BCUT2D eigenvalue weighted by molar-refractivity contribution is -0.123. The number of nitrogens with one attached hydrogen (secondary N) is 1. The number of benzene rings is 1. The van der Waals surface area contributed by atoms with Crippen LogP contribution in [0.3, 0.4) is 0 Å². The molecule has 30 heavy (non-hydrogen) atoms. The van der Waals surface area contributed by atoms with Crippen LogP contribution in [0.5, 0.6) is 0 Å². The maximum Gasteiger partial charge on any atom is 0.329 e. The summed E-state index contributed by atoms with van der Waals surface area (Å²) in [6.45, 7) is 6.13. The smallest absolute Gasteiger partial charge is 0.303 e. The van der Waals surface area contributed by atoms with Crippen LogP contribution in [-0.2, 0) is 11.3 Å². The molecule has 0 saturated carbocycles. The summed E-state index contributed by atoms with van der Waals surface area (Å²) in [6, 6.07) is 12.6. The van der Waals surface area contributed by atoms with Crippen LogP contribution in [0.25, 0.3) is 11.9 Å². The van der Waals surface area contributed by atoms with Crippen LogP contribution in [0.15, 0.2) is 54.4 Å². The van der Waals surface area contributed by atoms with Crippen molar-refractivity contribution in [1.29, 1.82) is 0 Å². The second kappa shape index (κ2) is 7.80. The zero-order valence-corrected chi connectivity index (χ0v) is 17.7. The highest BCUT2D eigenvalue weighted by atomic mass is 35.5. The summed E-state index contributed by atoms with van der Waals surface area (Å²) < 4.78 is 2.03. The molecule has 152 valence electrons. The van der Waals surface area contributed by atoms with Gasteiger partial charge in [-0.1, -0.05) is 23.7 Å². The summed E-state index contributed by atoms with van der Waals surface area (Å²) in [4.78, 5) is 30.9. The molecule has 3 aromatic rings. The molecule has 3 heterocycles. The normalized spacial score (nSPS) is 15.2. The van der Waals surface area contributed by atoms with Crippen LogP contribution in [-0.4, -0.2) is 26.4 Å². The SMILES string of the molecule is Cc1ccnc(-n2c(C)cc(/C=C3/NC(=O)N(Cc4cccc(Cl)c4)C3=O)c2C)c1. The summed E-state index contributed by atoms with van der Waals surface area (Å²) in [5.41, 5.74) is 4.93. The largest absolute Gasteiger partial charge is 0.329 e. The summed E-state index contributed by atoms with van der Waals surface area (Å²) in [7, 11) is 0. The molecule has 0 bridgehead atoms. The van der Waals surface area contributed by atoms with Gasteiger partial charge in [0.2, 0.25) is 0 Å². The van der Waals surface area contributed by atoms with Gasteiger partial charge < -0.3 is 9.88 Å². The van der Waals surface area contributed by atoms with Crippen LogP contribution in [0.4, 0.5) is 4.79 Å². The van der Waals surface area contributed by atoms with Crippen LogP contribution in [0.2, 0.25) is 5.02 Å². The third-order valence-corrected chi connectivity index (χ3v) is 5.33. The number of urea groups is 1. The van der Waals surface area contributed by atoms with Gasteiger partial charge in [0.1, 0.15) is 11.5 Å². The van der Waals surface area contributed by atoms with E-state index in [-0.39, 0.29) is 18.1 Å². The molecule has 1 aromatic carbocycles. The number of amides is 3. The van der Waals surface area contributed by atoms with Gasteiger partial charge >= 0.3 is 6.03 Å².